The number of aldehydes is 1. The number of nitrogens with zero attached hydrogens (tertiary/aromatic N) is 2. The summed E-state index contributed by atoms with van der Waals surface area (Å²) >= 11 is 0. The lowest BCUT2D eigenvalue weighted by Crippen LogP contribution is -2.11. The topological polar surface area (TPSA) is 32.7 Å². The normalized spacial score (nSPS) is 12.8. The molecule has 0 spiro atoms. The maximum Gasteiger partial charge on any atom is 0.125 e. The first-order valence-electron chi connectivity index (χ1n) is 3.91. The summed E-state index contributed by atoms with van der Waals surface area (Å²) in [7, 11) is 5.68. The van der Waals surface area contributed by atoms with Gasteiger partial charge in [0.15, 0.2) is 0 Å². The van der Waals surface area contributed by atoms with E-state index < -0.39 is 0 Å². The SMILES string of the molecule is CN=C(/C=C\CN(C)C)CC=O. The molecule has 0 aliphatic rings. The third-order valence-electron chi connectivity index (χ3n) is 1.36. The fourth-order valence-electron chi connectivity index (χ4n) is 0.719. The molecular weight excluding hydrogens is 152 g/mol. The van der Waals surface area contributed by atoms with Crippen LogP contribution in [0.25, 0.3) is 0 Å². The van der Waals surface area contributed by atoms with Gasteiger partial charge in [-0.25, -0.2) is 0 Å². The van der Waals surface area contributed by atoms with Crippen molar-refractivity contribution in [2.45, 2.75) is 6.42 Å². The highest BCUT2D eigenvalue weighted by Gasteiger charge is 1.90. The maximum atomic E-state index is 10.1. The third kappa shape index (κ3) is 5.80. The highest BCUT2D eigenvalue weighted by Crippen LogP contribution is 1.87. The second-order valence-corrected chi connectivity index (χ2v) is 2.75. The number of carbonyl (C=O) groups excluding carboxylic acids is 1. The molecule has 0 rings (SSSR count). The van der Waals surface area contributed by atoms with E-state index in [0.29, 0.717) is 6.42 Å². The van der Waals surface area contributed by atoms with Crippen LogP contribution >= 0.6 is 0 Å². The Morgan fingerprint density at radius 3 is 2.58 bits per heavy atom. The van der Waals surface area contributed by atoms with Crippen molar-refractivity contribution in [1.29, 1.82) is 0 Å². The molecule has 0 atom stereocenters. The minimum absolute atomic E-state index is 0.403. The molecule has 0 N–H and O–H groups in total. The molecule has 0 saturated carbocycles. The molecule has 0 saturated heterocycles. The van der Waals surface area contributed by atoms with Gasteiger partial charge in [-0.1, -0.05) is 6.08 Å². The fraction of sp³-hybridized carbons (Fsp3) is 0.556. The second kappa shape index (κ2) is 6.73. The molecule has 0 aromatic rings. The Kier molecular flexibility index (Phi) is 6.19. The van der Waals surface area contributed by atoms with Crippen molar-refractivity contribution in [1.82, 2.24) is 4.90 Å². The van der Waals surface area contributed by atoms with Crippen LogP contribution in [0.5, 0.6) is 0 Å². The Hall–Kier alpha value is -0.960. The van der Waals surface area contributed by atoms with Crippen LogP contribution in [0.3, 0.4) is 0 Å². The molecule has 0 amide bonds. The zero-order valence-electron chi connectivity index (χ0n) is 7.95. The lowest BCUT2D eigenvalue weighted by molar-refractivity contribution is -0.106. The van der Waals surface area contributed by atoms with Gasteiger partial charge in [0.2, 0.25) is 0 Å². The van der Waals surface area contributed by atoms with Crippen molar-refractivity contribution in [3.05, 3.63) is 12.2 Å². The van der Waals surface area contributed by atoms with Crippen LogP contribution in [-0.2, 0) is 4.79 Å². The van der Waals surface area contributed by atoms with Gasteiger partial charge in [0, 0.05) is 25.7 Å². The first kappa shape index (κ1) is 11.0. The Balaban J connectivity index is 3.85. The van der Waals surface area contributed by atoms with E-state index in [0.717, 1.165) is 18.5 Å². The molecule has 0 aromatic heterocycles. The number of allylic oxidation sites excluding steroid dienone is 1. The van der Waals surface area contributed by atoms with Crippen LogP contribution in [0, 0.1) is 0 Å². The van der Waals surface area contributed by atoms with Gasteiger partial charge in [0.25, 0.3) is 0 Å². The van der Waals surface area contributed by atoms with Crippen molar-refractivity contribution in [2.75, 3.05) is 27.7 Å². The average molecular weight is 168 g/mol. The number of likely N-dealkylation sites (N-methyl/N-ethyl adjacent to an activating group) is 1. The van der Waals surface area contributed by atoms with Gasteiger partial charge in [0.1, 0.15) is 6.29 Å². The van der Waals surface area contributed by atoms with Gasteiger partial charge in [0.05, 0.1) is 0 Å². The molecule has 0 bridgehead atoms. The number of aliphatic imine (C=N–C) groups is 1. The van der Waals surface area contributed by atoms with E-state index in [-0.39, 0.29) is 0 Å². The molecule has 0 heterocycles. The van der Waals surface area contributed by atoms with Crippen molar-refractivity contribution >= 4 is 12.0 Å². The summed E-state index contributed by atoms with van der Waals surface area (Å²) in [5.74, 6) is 0. The van der Waals surface area contributed by atoms with Crippen LogP contribution in [-0.4, -0.2) is 44.6 Å². The maximum absolute atomic E-state index is 10.1. The summed E-state index contributed by atoms with van der Waals surface area (Å²) in [5, 5.41) is 0. The third-order valence-corrected chi connectivity index (χ3v) is 1.36. The van der Waals surface area contributed by atoms with E-state index in [1.807, 2.05) is 31.1 Å². The molecular formula is C9H16N2O. The predicted octanol–water partition coefficient (Wildman–Crippen LogP) is 0.764. The van der Waals surface area contributed by atoms with Gasteiger partial charge in [-0.3, -0.25) is 4.99 Å². The summed E-state index contributed by atoms with van der Waals surface area (Å²) in [6.07, 6.45) is 5.14. The molecule has 0 unspecified atom stereocenters. The molecule has 0 aromatic carbocycles. The number of hydrogen-bond donors (Lipinski definition) is 0. The molecule has 12 heavy (non-hydrogen) atoms. The van der Waals surface area contributed by atoms with E-state index in [2.05, 4.69) is 4.99 Å². The number of hydrogen-bond acceptors (Lipinski definition) is 3. The van der Waals surface area contributed by atoms with Gasteiger partial charge in [-0.05, 0) is 20.2 Å². The minimum Gasteiger partial charge on any atom is -0.306 e. The smallest absolute Gasteiger partial charge is 0.125 e. The van der Waals surface area contributed by atoms with E-state index in [4.69, 9.17) is 0 Å². The highest BCUT2D eigenvalue weighted by molar-refractivity contribution is 6.01. The van der Waals surface area contributed by atoms with Crippen LogP contribution in [0.4, 0.5) is 0 Å². The van der Waals surface area contributed by atoms with Gasteiger partial charge < -0.3 is 9.69 Å². The zero-order valence-corrected chi connectivity index (χ0v) is 7.95. The van der Waals surface area contributed by atoms with Crippen molar-refractivity contribution in [3.63, 3.8) is 0 Å². The van der Waals surface area contributed by atoms with Gasteiger partial charge >= 0.3 is 0 Å². The summed E-state index contributed by atoms with van der Waals surface area (Å²) in [6.45, 7) is 0.873. The van der Waals surface area contributed by atoms with Gasteiger partial charge in [-0.2, -0.15) is 0 Å². The summed E-state index contributed by atoms with van der Waals surface area (Å²) in [6, 6.07) is 0. The second-order valence-electron chi connectivity index (χ2n) is 2.75. The lowest BCUT2D eigenvalue weighted by atomic mass is 10.2. The van der Waals surface area contributed by atoms with Crippen LogP contribution in [0.2, 0.25) is 0 Å². The summed E-state index contributed by atoms with van der Waals surface area (Å²) < 4.78 is 0. The molecule has 0 aliphatic carbocycles. The Morgan fingerprint density at radius 1 is 1.50 bits per heavy atom. The van der Waals surface area contributed by atoms with Gasteiger partial charge in [-0.15, -0.1) is 0 Å². The molecule has 3 nitrogen and oxygen atoms in total. The standard InChI is InChI=1S/C9H16N2O/c1-10-9(6-8-12)5-4-7-11(2)3/h4-5,8H,6-7H2,1-3H3/b5-4-,10-9?. The first-order valence-corrected chi connectivity index (χ1v) is 3.91. The Bertz CT molecular complexity index is 183. The largest absolute Gasteiger partial charge is 0.306 e. The van der Waals surface area contributed by atoms with E-state index in [9.17, 15) is 4.79 Å². The quantitative estimate of drug-likeness (QED) is 0.448. The Morgan fingerprint density at radius 2 is 2.17 bits per heavy atom. The fourth-order valence-corrected chi connectivity index (χ4v) is 0.719. The monoisotopic (exact) mass is 168 g/mol. The minimum atomic E-state index is 0.403. The summed E-state index contributed by atoms with van der Waals surface area (Å²) in [5.41, 5.74) is 0.826. The van der Waals surface area contributed by atoms with E-state index in [1.54, 1.807) is 7.05 Å². The van der Waals surface area contributed by atoms with Crippen molar-refractivity contribution in [2.24, 2.45) is 4.99 Å². The van der Waals surface area contributed by atoms with Crippen LogP contribution < -0.4 is 0 Å². The predicted molar refractivity (Wildman–Crippen MR) is 51.7 cm³/mol. The van der Waals surface area contributed by atoms with Crippen LogP contribution in [0.1, 0.15) is 6.42 Å². The lowest BCUT2D eigenvalue weighted by Gasteiger charge is -2.03. The molecule has 0 fully saturated rings. The molecule has 0 aliphatic heterocycles. The Labute approximate surface area is 73.8 Å². The first-order chi connectivity index (χ1) is 5.70. The van der Waals surface area contributed by atoms with Crippen molar-refractivity contribution in [3.8, 4) is 0 Å². The molecule has 68 valence electrons. The summed E-state index contributed by atoms with van der Waals surface area (Å²) in [4.78, 5) is 16.1. The number of rotatable bonds is 5. The highest BCUT2D eigenvalue weighted by atomic mass is 16.1. The molecule has 3 heteroatoms. The van der Waals surface area contributed by atoms with E-state index in [1.165, 1.54) is 0 Å². The van der Waals surface area contributed by atoms with E-state index >= 15 is 0 Å². The zero-order chi connectivity index (χ0) is 9.40. The average Bonchev–Trinajstić information content (AvgIpc) is 2.02. The molecule has 0 radical (unpaired) electrons. The number of carbonyl (C=O) groups is 1. The van der Waals surface area contributed by atoms with Crippen molar-refractivity contribution < 1.29 is 4.79 Å². The van der Waals surface area contributed by atoms with Crippen LogP contribution in [0.15, 0.2) is 17.1 Å².